The Labute approximate surface area is 202 Å². The second-order valence-electron chi connectivity index (χ2n) is 8.30. The van der Waals surface area contributed by atoms with Crippen molar-refractivity contribution in [2.24, 2.45) is 0 Å². The standard InChI is InChI=1S/C29H16N3S2/c30-16-23(31)27-20-9-5-4-8-19(20)22-14-17(10-11-21(22)27)26-15-25-29(34-26)28-24(12-13-33-28)32(25)18-6-2-1-3-7-18/h1-15,31H/q+1/b26-17+,31-23?. The van der Waals surface area contributed by atoms with Crippen LogP contribution in [0.4, 0.5) is 11.4 Å². The van der Waals surface area contributed by atoms with Crippen molar-refractivity contribution >= 4 is 45.3 Å². The summed E-state index contributed by atoms with van der Waals surface area (Å²) in [6.45, 7) is 0. The van der Waals surface area contributed by atoms with Crippen LogP contribution in [0.25, 0.3) is 16.7 Å². The molecule has 2 aliphatic rings. The zero-order valence-electron chi connectivity index (χ0n) is 17.9. The number of rotatable bonds is 2. The molecule has 0 saturated carbocycles. The lowest BCUT2D eigenvalue weighted by Gasteiger charge is -2.02. The minimum atomic E-state index is 0.0118. The van der Waals surface area contributed by atoms with E-state index in [-0.39, 0.29) is 5.71 Å². The van der Waals surface area contributed by atoms with Gasteiger partial charge in [-0.15, -0.1) is 22.7 Å². The molecule has 1 N–H and O–H groups in total. The minimum Gasteiger partial charge on any atom is -0.290 e. The van der Waals surface area contributed by atoms with Crippen LogP contribution in [0.5, 0.6) is 0 Å². The van der Waals surface area contributed by atoms with E-state index in [2.05, 4.69) is 70.6 Å². The third kappa shape index (κ3) is 2.61. The van der Waals surface area contributed by atoms with Crippen LogP contribution < -0.4 is 15.2 Å². The zero-order valence-corrected chi connectivity index (χ0v) is 19.5. The predicted octanol–water partition coefficient (Wildman–Crippen LogP) is 5.57. The predicted molar refractivity (Wildman–Crippen MR) is 138 cm³/mol. The van der Waals surface area contributed by atoms with Crippen molar-refractivity contribution < 1.29 is 0 Å². The Morgan fingerprint density at radius 3 is 2.44 bits per heavy atom. The summed E-state index contributed by atoms with van der Waals surface area (Å²) in [6, 6.07) is 31.5. The third-order valence-electron chi connectivity index (χ3n) is 6.48. The molecule has 34 heavy (non-hydrogen) atoms. The maximum absolute atomic E-state index is 9.43. The first kappa shape index (κ1) is 19.4. The molecule has 0 saturated heterocycles. The minimum absolute atomic E-state index is 0.0118. The fourth-order valence-corrected chi connectivity index (χ4v) is 7.21. The number of nitrogens with zero attached hydrogens (tertiary/aromatic N) is 2. The summed E-state index contributed by atoms with van der Waals surface area (Å²) in [5.74, 6) is 0. The van der Waals surface area contributed by atoms with E-state index in [0.717, 1.165) is 32.7 Å². The Bertz CT molecular complexity index is 2040. The molecule has 0 unspecified atom stereocenters. The fraction of sp³-hybridized carbons (Fsp3) is 0. The maximum Gasteiger partial charge on any atom is 0.232 e. The molecule has 3 aromatic carbocycles. The van der Waals surface area contributed by atoms with E-state index < -0.39 is 0 Å². The number of nitrogens with one attached hydrogen (secondary N) is 1. The van der Waals surface area contributed by atoms with Crippen LogP contribution in [0.1, 0.15) is 5.56 Å². The number of hydrogen-bond acceptors (Lipinski definition) is 4. The molecule has 2 aromatic heterocycles. The van der Waals surface area contributed by atoms with Crippen molar-refractivity contribution in [2.75, 3.05) is 0 Å². The lowest BCUT2D eigenvalue weighted by molar-refractivity contribution is 1.00. The number of thiophene rings is 2. The smallest absolute Gasteiger partial charge is 0.232 e. The molecule has 0 radical (unpaired) electrons. The summed E-state index contributed by atoms with van der Waals surface area (Å²) in [7, 11) is 0. The molecule has 158 valence electrons. The summed E-state index contributed by atoms with van der Waals surface area (Å²) in [5.41, 5.74) is 6.28. The van der Waals surface area contributed by atoms with Gasteiger partial charge in [0.15, 0.2) is 0 Å². The van der Waals surface area contributed by atoms with Gasteiger partial charge in [-0.25, -0.2) is 0 Å². The van der Waals surface area contributed by atoms with Crippen LogP contribution in [0.15, 0.2) is 90.3 Å². The summed E-state index contributed by atoms with van der Waals surface area (Å²) >= 11 is 3.62. The van der Waals surface area contributed by atoms with Gasteiger partial charge in [-0.2, -0.15) is 9.84 Å². The summed E-state index contributed by atoms with van der Waals surface area (Å²) in [4.78, 5) is 0. The number of hydrogen-bond donors (Lipinski definition) is 1. The van der Waals surface area contributed by atoms with Crippen LogP contribution in [-0.4, -0.2) is 5.71 Å². The van der Waals surface area contributed by atoms with E-state index in [1.54, 1.807) is 11.3 Å². The Morgan fingerprint density at radius 1 is 0.824 bits per heavy atom. The second kappa shape index (κ2) is 7.19. The van der Waals surface area contributed by atoms with Crippen molar-refractivity contribution in [2.45, 2.75) is 0 Å². The van der Waals surface area contributed by atoms with Gasteiger partial charge < -0.3 is 0 Å². The number of benzene rings is 3. The SMILES string of the molecule is N#CC(=N)C1=c2cc/c(=c3/cc4c(s3)=c3sccc3=[N+]4c3ccccc3)cc2-c2ccccc21. The van der Waals surface area contributed by atoms with Crippen LogP contribution in [0.3, 0.4) is 0 Å². The molecule has 7 rings (SSSR count). The number of nitriles is 1. The Balaban J connectivity index is 1.55. The van der Waals surface area contributed by atoms with Crippen LogP contribution >= 0.6 is 22.7 Å². The van der Waals surface area contributed by atoms with E-state index in [0.29, 0.717) is 0 Å². The molecule has 1 aliphatic heterocycles. The van der Waals surface area contributed by atoms with Gasteiger partial charge in [-0.3, -0.25) is 5.41 Å². The molecule has 0 atom stereocenters. The normalized spacial score (nSPS) is 13.7. The number of para-hydroxylation sites is 1. The maximum atomic E-state index is 9.43. The van der Waals surface area contributed by atoms with Crippen molar-refractivity contribution in [1.82, 2.24) is 4.58 Å². The number of fused-ring (bicyclic) bond motifs is 5. The van der Waals surface area contributed by atoms with Gasteiger partial charge in [0.05, 0.1) is 0 Å². The van der Waals surface area contributed by atoms with Gasteiger partial charge >= 0.3 is 0 Å². The first-order valence-electron chi connectivity index (χ1n) is 10.9. The van der Waals surface area contributed by atoms with E-state index in [1.165, 1.54) is 30.3 Å². The molecule has 0 spiro atoms. The highest BCUT2D eigenvalue weighted by atomic mass is 32.1. The largest absolute Gasteiger partial charge is 0.290 e. The molecule has 3 heterocycles. The van der Waals surface area contributed by atoms with Crippen molar-refractivity contribution in [3.8, 4) is 17.2 Å². The molecule has 5 heteroatoms. The van der Waals surface area contributed by atoms with Crippen molar-refractivity contribution in [3.05, 3.63) is 125 Å². The topological polar surface area (TPSA) is 50.6 Å². The van der Waals surface area contributed by atoms with Gasteiger partial charge in [-0.05, 0) is 38.6 Å². The molecular formula is C29H16N3S2+. The Hall–Kier alpha value is -4.11. The highest BCUT2D eigenvalue weighted by molar-refractivity contribution is 7.12. The molecule has 0 fully saturated rings. The fourth-order valence-electron chi connectivity index (χ4n) is 5.03. The van der Waals surface area contributed by atoms with Crippen LogP contribution in [0.2, 0.25) is 0 Å². The van der Waals surface area contributed by atoms with Crippen molar-refractivity contribution in [1.29, 1.82) is 10.7 Å². The van der Waals surface area contributed by atoms with Gasteiger partial charge in [0.2, 0.25) is 16.7 Å². The molecule has 5 aromatic rings. The van der Waals surface area contributed by atoms with Crippen LogP contribution in [0, 0.1) is 35.6 Å². The monoisotopic (exact) mass is 470 g/mol. The van der Waals surface area contributed by atoms with Gasteiger partial charge in [0.1, 0.15) is 20.8 Å². The Kier molecular flexibility index (Phi) is 4.10. The Morgan fingerprint density at radius 2 is 1.62 bits per heavy atom. The van der Waals surface area contributed by atoms with Crippen LogP contribution in [-0.2, 0) is 0 Å². The average molecular weight is 471 g/mol. The zero-order chi connectivity index (χ0) is 22.8. The highest BCUT2D eigenvalue weighted by Gasteiger charge is 2.26. The molecular weight excluding hydrogens is 454 g/mol. The van der Waals surface area contributed by atoms with E-state index in [1.807, 2.05) is 41.7 Å². The summed E-state index contributed by atoms with van der Waals surface area (Å²) < 4.78 is 6.20. The second-order valence-corrected chi connectivity index (χ2v) is 10.3. The van der Waals surface area contributed by atoms with Crippen molar-refractivity contribution in [3.63, 3.8) is 0 Å². The first-order chi connectivity index (χ1) is 16.7. The molecule has 0 amide bonds. The van der Waals surface area contributed by atoms with Gasteiger partial charge in [0.25, 0.3) is 0 Å². The average Bonchev–Trinajstić information content (AvgIpc) is 3.63. The van der Waals surface area contributed by atoms with E-state index >= 15 is 0 Å². The van der Waals surface area contributed by atoms with Gasteiger partial charge in [0, 0.05) is 34.4 Å². The molecule has 3 nitrogen and oxygen atoms in total. The van der Waals surface area contributed by atoms with E-state index in [4.69, 9.17) is 5.41 Å². The van der Waals surface area contributed by atoms with Gasteiger partial charge in [-0.1, -0.05) is 54.6 Å². The highest BCUT2D eigenvalue weighted by Crippen LogP contribution is 2.34. The lowest BCUT2D eigenvalue weighted by Crippen LogP contribution is -2.16. The molecule has 0 bridgehead atoms. The lowest BCUT2D eigenvalue weighted by atomic mass is 10.0. The summed E-state index contributed by atoms with van der Waals surface area (Å²) in [6.07, 6.45) is 0. The summed E-state index contributed by atoms with van der Waals surface area (Å²) in [5, 5.41) is 23.2. The van der Waals surface area contributed by atoms with E-state index in [9.17, 15) is 5.26 Å². The molecule has 1 aliphatic carbocycles. The quantitative estimate of drug-likeness (QED) is 0.261. The first-order valence-corrected chi connectivity index (χ1v) is 12.6. The third-order valence-corrected chi connectivity index (χ3v) is 8.72.